The highest BCUT2D eigenvalue weighted by molar-refractivity contribution is 5.86. The molecule has 1 amide bonds. The zero-order chi connectivity index (χ0) is 19.1. The second kappa shape index (κ2) is 6.72. The minimum Gasteiger partial charge on any atom is -0.447 e. The molecule has 1 aliphatic rings. The summed E-state index contributed by atoms with van der Waals surface area (Å²) in [6.45, 7) is 5.68. The lowest BCUT2D eigenvalue weighted by molar-refractivity contribution is 0.0506. The Morgan fingerprint density at radius 2 is 2.00 bits per heavy atom. The second-order valence-corrected chi connectivity index (χ2v) is 7.41. The first-order chi connectivity index (χ1) is 13.0. The standard InChI is InChI=1S/C22H23FN2O2/c1-13(2)27-22(26)25-14(3)11-18-17-9-4-5-10-19(17)24-20(18)21(25)15-7-6-8-16(23)12-15/h4-10,12-14,21,24H,11H2,1-3H3/t14-,21-/m1/s1. The van der Waals surface area contributed by atoms with Gasteiger partial charge in [-0.15, -0.1) is 0 Å². The highest BCUT2D eigenvalue weighted by Crippen LogP contribution is 2.41. The maximum absolute atomic E-state index is 14.0. The van der Waals surface area contributed by atoms with E-state index in [0.717, 1.165) is 28.6 Å². The molecule has 0 saturated carbocycles. The van der Waals surface area contributed by atoms with Crippen molar-refractivity contribution in [1.82, 2.24) is 9.88 Å². The van der Waals surface area contributed by atoms with Crippen molar-refractivity contribution >= 4 is 17.0 Å². The Morgan fingerprint density at radius 1 is 1.22 bits per heavy atom. The van der Waals surface area contributed by atoms with Crippen molar-refractivity contribution in [2.75, 3.05) is 0 Å². The summed E-state index contributed by atoms with van der Waals surface area (Å²) < 4.78 is 19.5. The Labute approximate surface area is 157 Å². The van der Waals surface area contributed by atoms with Crippen molar-refractivity contribution in [3.8, 4) is 0 Å². The molecule has 140 valence electrons. The van der Waals surface area contributed by atoms with E-state index in [1.165, 1.54) is 17.7 Å². The van der Waals surface area contributed by atoms with E-state index in [1.807, 2.05) is 45.0 Å². The predicted molar refractivity (Wildman–Crippen MR) is 103 cm³/mol. The quantitative estimate of drug-likeness (QED) is 0.678. The molecule has 4 rings (SSSR count). The summed E-state index contributed by atoms with van der Waals surface area (Å²) in [5, 5.41) is 1.15. The van der Waals surface area contributed by atoms with E-state index in [4.69, 9.17) is 4.74 Å². The smallest absolute Gasteiger partial charge is 0.411 e. The number of fused-ring (bicyclic) bond motifs is 3. The number of aromatic amines is 1. The van der Waals surface area contributed by atoms with Gasteiger partial charge in [0.2, 0.25) is 0 Å². The van der Waals surface area contributed by atoms with E-state index in [9.17, 15) is 9.18 Å². The van der Waals surface area contributed by atoms with Gasteiger partial charge in [0.25, 0.3) is 0 Å². The molecule has 2 atom stereocenters. The fraction of sp³-hybridized carbons (Fsp3) is 0.318. The molecule has 5 heteroatoms. The van der Waals surface area contributed by atoms with Gasteiger partial charge in [-0.05, 0) is 56.5 Å². The van der Waals surface area contributed by atoms with Crippen LogP contribution in [0.2, 0.25) is 0 Å². The van der Waals surface area contributed by atoms with Gasteiger partial charge in [-0.1, -0.05) is 30.3 Å². The average molecular weight is 366 g/mol. The molecule has 1 aliphatic heterocycles. The number of amides is 1. The van der Waals surface area contributed by atoms with Crippen LogP contribution in [0.15, 0.2) is 48.5 Å². The van der Waals surface area contributed by atoms with E-state index in [1.54, 1.807) is 11.0 Å². The number of carbonyl (C=O) groups excluding carboxylic acids is 1. The SMILES string of the molecule is CC(C)OC(=O)N1[C@H](c2cccc(F)c2)c2[nH]c3ccccc3c2C[C@H]1C. The number of aromatic nitrogens is 1. The molecule has 0 fully saturated rings. The fourth-order valence-corrected chi connectivity index (χ4v) is 4.01. The van der Waals surface area contributed by atoms with Crippen LogP contribution in [-0.4, -0.2) is 28.1 Å². The third-order valence-corrected chi connectivity index (χ3v) is 5.08. The van der Waals surface area contributed by atoms with Crippen LogP contribution in [0.1, 0.15) is 43.6 Å². The second-order valence-electron chi connectivity index (χ2n) is 7.41. The number of hydrogen-bond acceptors (Lipinski definition) is 2. The summed E-state index contributed by atoms with van der Waals surface area (Å²) >= 11 is 0. The van der Waals surface area contributed by atoms with Crippen LogP contribution >= 0.6 is 0 Å². The lowest BCUT2D eigenvalue weighted by atomic mass is 9.89. The number of nitrogens with zero attached hydrogens (tertiary/aromatic N) is 1. The van der Waals surface area contributed by atoms with Crippen molar-refractivity contribution in [3.63, 3.8) is 0 Å². The number of benzene rings is 2. The molecule has 2 heterocycles. The van der Waals surface area contributed by atoms with Gasteiger partial charge in [-0.2, -0.15) is 0 Å². The van der Waals surface area contributed by atoms with Crippen LogP contribution in [-0.2, 0) is 11.2 Å². The molecule has 4 nitrogen and oxygen atoms in total. The van der Waals surface area contributed by atoms with Crippen LogP contribution in [0.5, 0.6) is 0 Å². The number of nitrogens with one attached hydrogen (secondary N) is 1. The summed E-state index contributed by atoms with van der Waals surface area (Å²) in [5.74, 6) is -0.319. The summed E-state index contributed by atoms with van der Waals surface area (Å²) in [5.41, 5.74) is 3.87. The van der Waals surface area contributed by atoms with E-state index < -0.39 is 6.04 Å². The fourth-order valence-electron chi connectivity index (χ4n) is 4.01. The maximum atomic E-state index is 14.0. The third kappa shape index (κ3) is 3.07. The van der Waals surface area contributed by atoms with Crippen molar-refractivity contribution in [2.24, 2.45) is 0 Å². The zero-order valence-corrected chi connectivity index (χ0v) is 15.7. The van der Waals surface area contributed by atoms with E-state index >= 15 is 0 Å². The Balaban J connectivity index is 1.91. The number of carbonyl (C=O) groups is 1. The van der Waals surface area contributed by atoms with Crippen molar-refractivity contribution in [1.29, 1.82) is 0 Å². The van der Waals surface area contributed by atoms with Gasteiger partial charge in [0, 0.05) is 22.6 Å². The predicted octanol–water partition coefficient (Wildman–Crippen LogP) is 5.19. The number of halogens is 1. The summed E-state index contributed by atoms with van der Waals surface area (Å²) in [6.07, 6.45) is 0.122. The molecule has 27 heavy (non-hydrogen) atoms. The first-order valence-corrected chi connectivity index (χ1v) is 9.29. The monoisotopic (exact) mass is 366 g/mol. The van der Waals surface area contributed by atoms with Crippen LogP contribution in [0, 0.1) is 5.82 Å². The molecule has 3 aromatic rings. The van der Waals surface area contributed by atoms with Gasteiger partial charge in [0.05, 0.1) is 6.10 Å². The maximum Gasteiger partial charge on any atom is 0.411 e. The van der Waals surface area contributed by atoms with Crippen molar-refractivity contribution < 1.29 is 13.9 Å². The summed E-state index contributed by atoms with van der Waals surface area (Å²) in [6, 6.07) is 14.1. The van der Waals surface area contributed by atoms with Crippen LogP contribution in [0.4, 0.5) is 9.18 Å². The molecule has 0 radical (unpaired) electrons. The van der Waals surface area contributed by atoms with Gasteiger partial charge in [0.15, 0.2) is 0 Å². The number of hydrogen-bond donors (Lipinski definition) is 1. The molecule has 2 aromatic carbocycles. The van der Waals surface area contributed by atoms with Crippen LogP contribution in [0.3, 0.4) is 0 Å². The minimum atomic E-state index is -0.418. The van der Waals surface area contributed by atoms with Crippen molar-refractivity contribution in [2.45, 2.75) is 45.4 Å². The molecular weight excluding hydrogens is 343 g/mol. The van der Waals surface area contributed by atoms with Crippen LogP contribution in [0.25, 0.3) is 10.9 Å². The van der Waals surface area contributed by atoms with E-state index in [2.05, 4.69) is 11.1 Å². The molecule has 0 unspecified atom stereocenters. The molecule has 1 N–H and O–H groups in total. The summed E-state index contributed by atoms with van der Waals surface area (Å²) in [4.78, 5) is 18.1. The third-order valence-electron chi connectivity index (χ3n) is 5.08. The summed E-state index contributed by atoms with van der Waals surface area (Å²) in [7, 11) is 0. The number of rotatable bonds is 2. The Bertz CT molecular complexity index is 995. The first kappa shape index (κ1) is 17.6. The average Bonchev–Trinajstić information content (AvgIpc) is 2.98. The number of ether oxygens (including phenoxy) is 1. The van der Waals surface area contributed by atoms with Gasteiger partial charge in [0.1, 0.15) is 11.9 Å². The molecule has 1 aromatic heterocycles. The van der Waals surface area contributed by atoms with Gasteiger partial charge >= 0.3 is 6.09 Å². The molecule has 0 bridgehead atoms. The lowest BCUT2D eigenvalue weighted by Gasteiger charge is -2.40. The highest BCUT2D eigenvalue weighted by atomic mass is 19.1. The molecule has 0 spiro atoms. The molecule has 0 aliphatic carbocycles. The lowest BCUT2D eigenvalue weighted by Crippen LogP contribution is -2.47. The van der Waals surface area contributed by atoms with Crippen molar-refractivity contribution in [3.05, 3.63) is 71.2 Å². The van der Waals surface area contributed by atoms with Gasteiger partial charge < -0.3 is 9.72 Å². The topological polar surface area (TPSA) is 45.3 Å². The normalized spacial score (nSPS) is 19.4. The number of H-pyrrole nitrogens is 1. The molecular formula is C22H23FN2O2. The zero-order valence-electron chi connectivity index (χ0n) is 15.7. The number of para-hydroxylation sites is 1. The van der Waals surface area contributed by atoms with E-state index in [-0.39, 0.29) is 24.1 Å². The van der Waals surface area contributed by atoms with Gasteiger partial charge in [-0.25, -0.2) is 9.18 Å². The first-order valence-electron chi connectivity index (χ1n) is 9.29. The Morgan fingerprint density at radius 3 is 2.74 bits per heavy atom. The van der Waals surface area contributed by atoms with E-state index in [0.29, 0.717) is 0 Å². The minimum absolute atomic E-state index is 0.0729. The molecule has 0 saturated heterocycles. The largest absolute Gasteiger partial charge is 0.447 e. The van der Waals surface area contributed by atoms with Gasteiger partial charge in [-0.3, -0.25) is 4.90 Å². The van der Waals surface area contributed by atoms with Crippen LogP contribution < -0.4 is 0 Å². The Kier molecular flexibility index (Phi) is 4.38. The highest BCUT2D eigenvalue weighted by Gasteiger charge is 2.39. The Hall–Kier alpha value is -2.82.